The number of hydrogen-bond acceptors (Lipinski definition) is 4. The molecule has 0 N–H and O–H groups in total. The van der Waals surface area contributed by atoms with E-state index in [1.54, 1.807) is 0 Å². The van der Waals surface area contributed by atoms with Crippen LogP contribution < -0.4 is 0 Å². The summed E-state index contributed by atoms with van der Waals surface area (Å²) < 4.78 is 5.40. The minimum atomic E-state index is 0.0308. The van der Waals surface area contributed by atoms with Crippen molar-refractivity contribution in [3.63, 3.8) is 0 Å². The molecule has 2 aromatic carbocycles. The number of aromatic nitrogens is 2. The van der Waals surface area contributed by atoms with Crippen LogP contribution in [0.25, 0.3) is 11.4 Å². The maximum atomic E-state index is 12.9. The Morgan fingerprint density at radius 1 is 1.11 bits per heavy atom. The van der Waals surface area contributed by atoms with Gasteiger partial charge < -0.3 is 9.42 Å². The van der Waals surface area contributed by atoms with Crippen LogP contribution in [0.15, 0.2) is 59.1 Å². The van der Waals surface area contributed by atoms with Gasteiger partial charge in [-0.1, -0.05) is 60.1 Å². The van der Waals surface area contributed by atoms with Crippen LogP contribution >= 0.6 is 0 Å². The highest BCUT2D eigenvalue weighted by Crippen LogP contribution is 2.17. The summed E-state index contributed by atoms with van der Waals surface area (Å²) in [6.07, 6.45) is 1.42. The van der Waals surface area contributed by atoms with Crippen molar-refractivity contribution in [1.82, 2.24) is 15.0 Å². The van der Waals surface area contributed by atoms with E-state index >= 15 is 0 Å². The largest absolute Gasteiger partial charge is 0.339 e. The number of benzene rings is 2. The van der Waals surface area contributed by atoms with Gasteiger partial charge in [0.1, 0.15) is 0 Å². The third-order valence-electron chi connectivity index (χ3n) is 4.75. The molecule has 27 heavy (non-hydrogen) atoms. The molecule has 0 radical (unpaired) electrons. The predicted molar refractivity (Wildman–Crippen MR) is 105 cm³/mol. The van der Waals surface area contributed by atoms with Gasteiger partial charge in [-0.2, -0.15) is 4.98 Å². The number of aryl methyl sites for hydroxylation is 1. The molecule has 1 amide bonds. The fraction of sp³-hybridized carbons (Fsp3) is 0.318. The molecule has 0 saturated heterocycles. The Kier molecular flexibility index (Phi) is 6.01. The first-order valence-electron chi connectivity index (χ1n) is 9.34. The summed E-state index contributed by atoms with van der Waals surface area (Å²) >= 11 is 0. The highest BCUT2D eigenvalue weighted by Gasteiger charge is 2.21. The summed E-state index contributed by atoms with van der Waals surface area (Å²) in [4.78, 5) is 19.2. The second-order valence-corrected chi connectivity index (χ2v) is 6.75. The minimum Gasteiger partial charge on any atom is -0.339 e. The van der Waals surface area contributed by atoms with Crippen molar-refractivity contribution in [1.29, 1.82) is 0 Å². The Balaban J connectivity index is 1.70. The molecule has 1 unspecified atom stereocenters. The van der Waals surface area contributed by atoms with Gasteiger partial charge in [-0.15, -0.1) is 0 Å². The number of hydrogen-bond donors (Lipinski definition) is 0. The molecular formula is C22H25N3O2. The first-order valence-corrected chi connectivity index (χ1v) is 9.34. The predicted octanol–water partition coefficient (Wildman–Crippen LogP) is 4.53. The molecule has 3 rings (SSSR count). The Morgan fingerprint density at radius 2 is 1.81 bits per heavy atom. The first kappa shape index (κ1) is 18.8. The minimum absolute atomic E-state index is 0.0308. The van der Waals surface area contributed by atoms with Crippen LogP contribution in [0, 0.1) is 6.92 Å². The lowest BCUT2D eigenvalue weighted by Gasteiger charge is -2.28. The average Bonchev–Trinajstić information content (AvgIpc) is 3.18. The molecule has 5 nitrogen and oxygen atoms in total. The van der Waals surface area contributed by atoms with Crippen LogP contribution in [-0.4, -0.2) is 33.5 Å². The molecule has 0 aliphatic heterocycles. The summed E-state index contributed by atoms with van der Waals surface area (Å²) in [6.45, 7) is 6.72. The number of amides is 1. The molecular weight excluding hydrogens is 338 g/mol. The van der Waals surface area contributed by atoms with Crippen LogP contribution in [0.5, 0.6) is 0 Å². The second-order valence-electron chi connectivity index (χ2n) is 6.75. The van der Waals surface area contributed by atoms with E-state index in [4.69, 9.17) is 4.52 Å². The summed E-state index contributed by atoms with van der Waals surface area (Å²) in [7, 11) is 0. The molecule has 0 spiro atoms. The molecule has 0 bridgehead atoms. The van der Waals surface area contributed by atoms with E-state index < -0.39 is 0 Å². The van der Waals surface area contributed by atoms with Crippen LogP contribution in [-0.2, 0) is 6.42 Å². The van der Waals surface area contributed by atoms with Crippen LogP contribution in [0.4, 0.5) is 0 Å². The van der Waals surface area contributed by atoms with Gasteiger partial charge in [0.2, 0.25) is 11.7 Å². The standard InChI is InChI=1S/C22H25N3O2/c1-4-17(3)25(22(26)19-8-6-5-7-9-19)15-14-20-23-21(24-27-20)18-12-10-16(2)11-13-18/h5-13,17H,4,14-15H2,1-3H3. The molecule has 0 saturated carbocycles. The third kappa shape index (κ3) is 4.61. The van der Waals surface area contributed by atoms with Gasteiger partial charge in [0.15, 0.2) is 0 Å². The lowest BCUT2D eigenvalue weighted by molar-refractivity contribution is 0.0686. The molecule has 1 atom stereocenters. The monoisotopic (exact) mass is 363 g/mol. The maximum absolute atomic E-state index is 12.9. The lowest BCUT2D eigenvalue weighted by Crippen LogP contribution is -2.39. The van der Waals surface area contributed by atoms with Crippen molar-refractivity contribution >= 4 is 5.91 Å². The molecule has 0 fully saturated rings. The lowest BCUT2D eigenvalue weighted by atomic mass is 10.1. The zero-order valence-electron chi connectivity index (χ0n) is 16.1. The van der Waals surface area contributed by atoms with Crippen molar-refractivity contribution in [2.75, 3.05) is 6.54 Å². The van der Waals surface area contributed by atoms with Gasteiger partial charge in [-0.25, -0.2) is 0 Å². The summed E-state index contributed by atoms with van der Waals surface area (Å²) in [5.74, 6) is 1.15. The van der Waals surface area contributed by atoms with Crippen LogP contribution in [0.3, 0.4) is 0 Å². The summed E-state index contributed by atoms with van der Waals surface area (Å²) in [6, 6.07) is 17.5. The number of carbonyl (C=O) groups is 1. The van der Waals surface area contributed by atoms with E-state index in [1.807, 2.05) is 66.4 Å². The summed E-state index contributed by atoms with van der Waals surface area (Å²) in [5.41, 5.74) is 2.81. The average molecular weight is 363 g/mol. The van der Waals surface area contributed by atoms with Gasteiger partial charge in [-0.3, -0.25) is 4.79 Å². The molecule has 1 heterocycles. The normalized spacial score (nSPS) is 12.0. The zero-order valence-corrected chi connectivity index (χ0v) is 16.1. The van der Waals surface area contributed by atoms with E-state index in [2.05, 4.69) is 24.0 Å². The van der Waals surface area contributed by atoms with Crippen LogP contribution in [0.1, 0.15) is 42.1 Å². The summed E-state index contributed by atoms with van der Waals surface area (Å²) in [5, 5.41) is 4.07. The molecule has 3 aromatic rings. The highest BCUT2D eigenvalue weighted by atomic mass is 16.5. The van der Waals surface area contributed by atoms with E-state index in [9.17, 15) is 4.79 Å². The van der Waals surface area contributed by atoms with E-state index in [1.165, 1.54) is 5.56 Å². The Hall–Kier alpha value is -2.95. The molecule has 0 aliphatic rings. The Labute approximate surface area is 160 Å². The van der Waals surface area contributed by atoms with Gasteiger partial charge in [0, 0.05) is 30.1 Å². The molecule has 140 valence electrons. The van der Waals surface area contributed by atoms with E-state index in [0.29, 0.717) is 30.2 Å². The van der Waals surface area contributed by atoms with Gasteiger partial charge in [-0.05, 0) is 32.4 Å². The first-order chi connectivity index (χ1) is 13.1. The van der Waals surface area contributed by atoms with Crippen molar-refractivity contribution in [3.8, 4) is 11.4 Å². The number of rotatable bonds is 7. The smallest absolute Gasteiger partial charge is 0.254 e. The van der Waals surface area contributed by atoms with Crippen molar-refractivity contribution in [3.05, 3.63) is 71.6 Å². The van der Waals surface area contributed by atoms with Crippen molar-refractivity contribution < 1.29 is 9.32 Å². The van der Waals surface area contributed by atoms with Gasteiger partial charge >= 0.3 is 0 Å². The highest BCUT2D eigenvalue weighted by molar-refractivity contribution is 5.94. The topological polar surface area (TPSA) is 59.2 Å². The SMILES string of the molecule is CCC(C)N(CCc1nc(-c2ccc(C)cc2)no1)C(=O)c1ccccc1. The Bertz CT molecular complexity index is 872. The maximum Gasteiger partial charge on any atom is 0.254 e. The van der Waals surface area contributed by atoms with Gasteiger partial charge in [0.25, 0.3) is 5.91 Å². The molecule has 5 heteroatoms. The molecule has 1 aromatic heterocycles. The second kappa shape index (κ2) is 8.62. The third-order valence-corrected chi connectivity index (χ3v) is 4.75. The quantitative estimate of drug-likeness (QED) is 0.619. The zero-order chi connectivity index (χ0) is 19.2. The Morgan fingerprint density at radius 3 is 2.48 bits per heavy atom. The van der Waals surface area contributed by atoms with Crippen molar-refractivity contribution in [2.24, 2.45) is 0 Å². The molecule has 0 aliphatic carbocycles. The van der Waals surface area contributed by atoms with E-state index in [-0.39, 0.29) is 11.9 Å². The number of carbonyl (C=O) groups excluding carboxylic acids is 1. The fourth-order valence-electron chi connectivity index (χ4n) is 2.88. The van der Waals surface area contributed by atoms with Crippen LogP contribution in [0.2, 0.25) is 0 Å². The van der Waals surface area contributed by atoms with E-state index in [0.717, 1.165) is 12.0 Å². The number of nitrogens with zero attached hydrogens (tertiary/aromatic N) is 3. The fourth-order valence-corrected chi connectivity index (χ4v) is 2.88. The van der Waals surface area contributed by atoms with Gasteiger partial charge in [0.05, 0.1) is 0 Å². The van der Waals surface area contributed by atoms with Crippen molar-refractivity contribution in [2.45, 2.75) is 39.7 Å².